The van der Waals surface area contributed by atoms with Crippen LogP contribution in [0.25, 0.3) is 0 Å². The van der Waals surface area contributed by atoms with Crippen LogP contribution in [0.4, 0.5) is 5.82 Å². The van der Waals surface area contributed by atoms with E-state index >= 15 is 0 Å². The summed E-state index contributed by atoms with van der Waals surface area (Å²) in [4.78, 5) is 10.2. The first kappa shape index (κ1) is 15.6. The summed E-state index contributed by atoms with van der Waals surface area (Å²) < 4.78 is 5.36. The van der Waals surface area contributed by atoms with E-state index in [4.69, 9.17) is 4.74 Å². The molecule has 0 saturated carbocycles. The van der Waals surface area contributed by atoms with E-state index in [9.17, 15) is 0 Å². The summed E-state index contributed by atoms with van der Waals surface area (Å²) in [7, 11) is 1.69. The molecule has 112 valence electrons. The van der Waals surface area contributed by atoms with Crippen LogP contribution in [0, 0.1) is 6.92 Å². The van der Waals surface area contributed by atoms with Gasteiger partial charge >= 0.3 is 0 Å². The average Bonchev–Trinajstić information content (AvgIpc) is 2.50. The van der Waals surface area contributed by atoms with Crippen LogP contribution in [0.2, 0.25) is 0 Å². The molecule has 2 aromatic rings. The fraction of sp³-hybridized carbons (Fsp3) is 0.375. The normalized spacial score (nSPS) is 10.4. The summed E-state index contributed by atoms with van der Waals surface area (Å²) >= 11 is 1.69. The first-order valence-corrected chi connectivity index (χ1v) is 8.05. The topological polar surface area (TPSA) is 47.0 Å². The largest absolute Gasteiger partial charge is 0.496 e. The van der Waals surface area contributed by atoms with Crippen molar-refractivity contribution in [2.24, 2.45) is 0 Å². The Labute approximate surface area is 130 Å². The highest BCUT2D eigenvalue weighted by atomic mass is 32.2. The smallest absolute Gasteiger partial charge is 0.141 e. The van der Waals surface area contributed by atoms with Crippen molar-refractivity contribution in [3.63, 3.8) is 0 Å². The Hall–Kier alpha value is -1.75. The summed E-state index contributed by atoms with van der Waals surface area (Å²) in [6.45, 7) is 5.06. The number of thioether (sulfide) groups is 1. The van der Waals surface area contributed by atoms with Crippen LogP contribution < -0.4 is 10.1 Å². The van der Waals surface area contributed by atoms with Crippen molar-refractivity contribution >= 4 is 17.6 Å². The SMILES string of the molecule is CCCNc1cc(C)nc(CSc2ccccc2OC)n1. The Morgan fingerprint density at radius 3 is 2.81 bits per heavy atom. The van der Waals surface area contributed by atoms with E-state index in [1.165, 1.54) is 0 Å². The number of rotatable bonds is 7. The molecule has 2 rings (SSSR count). The number of anilines is 1. The van der Waals surface area contributed by atoms with Crippen molar-refractivity contribution in [2.45, 2.75) is 30.9 Å². The number of benzene rings is 1. The van der Waals surface area contributed by atoms with Gasteiger partial charge in [-0.2, -0.15) is 0 Å². The minimum atomic E-state index is 0.725. The molecular formula is C16H21N3OS. The van der Waals surface area contributed by atoms with Gasteiger partial charge in [0, 0.05) is 23.2 Å². The van der Waals surface area contributed by atoms with Crippen LogP contribution in [0.3, 0.4) is 0 Å². The van der Waals surface area contributed by atoms with Crippen molar-refractivity contribution in [1.82, 2.24) is 9.97 Å². The molecule has 1 aromatic heterocycles. The van der Waals surface area contributed by atoms with E-state index in [2.05, 4.69) is 28.3 Å². The van der Waals surface area contributed by atoms with Gasteiger partial charge in [-0.3, -0.25) is 0 Å². The molecule has 0 atom stereocenters. The third-order valence-corrected chi connectivity index (χ3v) is 3.93. The van der Waals surface area contributed by atoms with Crippen molar-refractivity contribution < 1.29 is 4.74 Å². The number of aromatic nitrogens is 2. The van der Waals surface area contributed by atoms with Crippen LogP contribution in [0.15, 0.2) is 35.2 Å². The lowest BCUT2D eigenvalue weighted by Crippen LogP contribution is -2.05. The van der Waals surface area contributed by atoms with E-state index in [1.54, 1.807) is 18.9 Å². The molecule has 1 aromatic carbocycles. The number of hydrogen-bond donors (Lipinski definition) is 1. The maximum atomic E-state index is 5.36. The lowest BCUT2D eigenvalue weighted by atomic mass is 10.3. The minimum Gasteiger partial charge on any atom is -0.496 e. The Morgan fingerprint density at radius 1 is 1.24 bits per heavy atom. The van der Waals surface area contributed by atoms with Crippen LogP contribution in [-0.2, 0) is 5.75 Å². The molecule has 5 heteroatoms. The van der Waals surface area contributed by atoms with E-state index in [-0.39, 0.29) is 0 Å². The van der Waals surface area contributed by atoms with E-state index < -0.39 is 0 Å². The zero-order valence-electron chi connectivity index (χ0n) is 12.7. The molecule has 21 heavy (non-hydrogen) atoms. The molecule has 0 spiro atoms. The first-order chi connectivity index (χ1) is 10.2. The predicted molar refractivity (Wildman–Crippen MR) is 88.1 cm³/mol. The molecule has 0 aliphatic rings. The second-order valence-electron chi connectivity index (χ2n) is 4.68. The number of aryl methyl sites for hydroxylation is 1. The second kappa shape index (κ2) is 7.88. The first-order valence-electron chi connectivity index (χ1n) is 7.07. The molecule has 0 bridgehead atoms. The quantitative estimate of drug-likeness (QED) is 0.786. The highest BCUT2D eigenvalue weighted by Gasteiger charge is 2.06. The van der Waals surface area contributed by atoms with Gasteiger partial charge in [0.25, 0.3) is 0 Å². The zero-order chi connectivity index (χ0) is 15.1. The summed E-state index contributed by atoms with van der Waals surface area (Å²) in [5, 5.41) is 3.31. The highest BCUT2D eigenvalue weighted by molar-refractivity contribution is 7.98. The summed E-state index contributed by atoms with van der Waals surface area (Å²) in [5.41, 5.74) is 0.985. The van der Waals surface area contributed by atoms with Crippen molar-refractivity contribution in [2.75, 3.05) is 19.0 Å². The molecule has 0 radical (unpaired) electrons. The van der Waals surface area contributed by atoms with Gasteiger partial charge in [0.15, 0.2) is 0 Å². The molecule has 1 heterocycles. The van der Waals surface area contributed by atoms with Crippen LogP contribution in [0.5, 0.6) is 5.75 Å². The van der Waals surface area contributed by atoms with Crippen molar-refractivity contribution in [3.05, 3.63) is 41.9 Å². The van der Waals surface area contributed by atoms with Crippen molar-refractivity contribution in [1.29, 1.82) is 0 Å². The Balaban J connectivity index is 2.07. The van der Waals surface area contributed by atoms with Crippen molar-refractivity contribution in [3.8, 4) is 5.75 Å². The fourth-order valence-corrected chi connectivity index (χ4v) is 2.80. The lowest BCUT2D eigenvalue weighted by Gasteiger charge is -2.09. The molecular weight excluding hydrogens is 282 g/mol. The fourth-order valence-electron chi connectivity index (χ4n) is 1.92. The molecule has 1 N–H and O–H groups in total. The number of nitrogens with zero attached hydrogens (tertiary/aromatic N) is 2. The summed E-state index contributed by atoms with van der Waals surface area (Å²) in [6.07, 6.45) is 1.08. The standard InChI is InChI=1S/C16H21N3OS/c1-4-9-17-15-10-12(2)18-16(19-15)11-21-14-8-6-5-7-13(14)20-3/h5-8,10H,4,9,11H2,1-3H3,(H,17,18,19). The third-order valence-electron chi connectivity index (χ3n) is 2.88. The molecule has 0 unspecified atom stereocenters. The van der Waals surface area contributed by atoms with Crippen LogP contribution in [-0.4, -0.2) is 23.6 Å². The molecule has 0 fully saturated rings. The Morgan fingerprint density at radius 2 is 2.05 bits per heavy atom. The highest BCUT2D eigenvalue weighted by Crippen LogP contribution is 2.30. The van der Waals surface area contributed by atoms with Crippen LogP contribution >= 0.6 is 11.8 Å². The predicted octanol–water partition coefficient (Wildman–Crippen LogP) is 3.91. The third kappa shape index (κ3) is 4.63. The lowest BCUT2D eigenvalue weighted by molar-refractivity contribution is 0.405. The number of hydrogen-bond acceptors (Lipinski definition) is 5. The number of para-hydroxylation sites is 1. The number of methoxy groups -OCH3 is 1. The van der Waals surface area contributed by atoms with Gasteiger partial charge in [-0.25, -0.2) is 9.97 Å². The Bertz CT molecular complexity index is 589. The van der Waals surface area contributed by atoms with Gasteiger partial charge in [0.2, 0.25) is 0 Å². The monoisotopic (exact) mass is 303 g/mol. The Kier molecular flexibility index (Phi) is 5.87. The van der Waals surface area contributed by atoms with Gasteiger partial charge in [0.05, 0.1) is 12.9 Å². The molecule has 0 amide bonds. The summed E-state index contributed by atoms with van der Waals surface area (Å²) in [5.74, 6) is 3.35. The second-order valence-corrected chi connectivity index (χ2v) is 5.69. The number of nitrogens with one attached hydrogen (secondary N) is 1. The molecule has 4 nitrogen and oxygen atoms in total. The van der Waals surface area contributed by atoms with E-state index in [0.717, 1.165) is 46.7 Å². The molecule has 0 saturated heterocycles. The van der Waals surface area contributed by atoms with Gasteiger partial charge < -0.3 is 10.1 Å². The van der Waals surface area contributed by atoms with Gasteiger partial charge in [-0.05, 0) is 25.5 Å². The molecule has 0 aliphatic heterocycles. The molecule has 0 aliphatic carbocycles. The van der Waals surface area contributed by atoms with Gasteiger partial charge in [0.1, 0.15) is 17.4 Å². The number of ether oxygens (including phenoxy) is 1. The zero-order valence-corrected chi connectivity index (χ0v) is 13.5. The minimum absolute atomic E-state index is 0.725. The maximum absolute atomic E-state index is 5.36. The van der Waals surface area contributed by atoms with Gasteiger partial charge in [-0.1, -0.05) is 19.1 Å². The van der Waals surface area contributed by atoms with E-state index in [1.807, 2.05) is 31.2 Å². The van der Waals surface area contributed by atoms with Gasteiger partial charge in [-0.15, -0.1) is 11.8 Å². The maximum Gasteiger partial charge on any atom is 0.141 e. The van der Waals surface area contributed by atoms with Crippen LogP contribution in [0.1, 0.15) is 24.9 Å². The summed E-state index contributed by atoms with van der Waals surface area (Å²) in [6, 6.07) is 9.98. The van der Waals surface area contributed by atoms with E-state index in [0.29, 0.717) is 0 Å². The average molecular weight is 303 g/mol.